The Balaban J connectivity index is 1.95. The lowest BCUT2D eigenvalue weighted by Gasteiger charge is -2.05. The van der Waals surface area contributed by atoms with Crippen LogP contribution in [0.3, 0.4) is 0 Å². The minimum atomic E-state index is -0.276. The Labute approximate surface area is 107 Å². The number of aryl methyl sites for hydroxylation is 1. The van der Waals surface area contributed by atoms with Crippen molar-refractivity contribution in [1.29, 1.82) is 0 Å². The number of ether oxygens (including phenoxy) is 1. The van der Waals surface area contributed by atoms with Crippen LogP contribution >= 0.6 is 0 Å². The van der Waals surface area contributed by atoms with Crippen LogP contribution in [-0.2, 0) is 17.8 Å². The second-order valence-corrected chi connectivity index (χ2v) is 4.11. The van der Waals surface area contributed by atoms with Crippen molar-refractivity contribution in [2.24, 2.45) is 0 Å². The highest BCUT2D eigenvalue weighted by atomic mass is 16.5. The number of carbonyl (C=O) groups excluding carboxylic acids is 1. The maximum atomic E-state index is 11.8. The normalized spacial score (nSPS) is 10.1. The van der Waals surface area contributed by atoms with Crippen LogP contribution in [0.1, 0.15) is 28.4 Å². The van der Waals surface area contributed by atoms with Crippen molar-refractivity contribution in [1.82, 2.24) is 0 Å². The molecule has 0 saturated heterocycles. The van der Waals surface area contributed by atoms with E-state index in [1.165, 1.54) is 5.56 Å². The molecule has 0 heterocycles. The SMILES string of the molecule is CCc1ccc(C(=O)OCc2ccccc2)cc1. The molecule has 92 valence electrons. The van der Waals surface area contributed by atoms with E-state index < -0.39 is 0 Å². The summed E-state index contributed by atoms with van der Waals surface area (Å²) in [4.78, 5) is 11.8. The molecule has 18 heavy (non-hydrogen) atoms. The molecule has 0 aromatic heterocycles. The standard InChI is InChI=1S/C16H16O2/c1-2-13-8-10-15(11-9-13)16(17)18-12-14-6-4-3-5-7-14/h3-11H,2,12H2,1H3. The summed E-state index contributed by atoms with van der Waals surface area (Å²) >= 11 is 0. The van der Waals surface area contributed by atoms with Gasteiger partial charge in [0.2, 0.25) is 0 Å². The molecular weight excluding hydrogens is 224 g/mol. The summed E-state index contributed by atoms with van der Waals surface area (Å²) in [6, 6.07) is 17.2. The first-order valence-electron chi connectivity index (χ1n) is 6.09. The molecule has 2 heteroatoms. The third kappa shape index (κ3) is 3.20. The zero-order valence-electron chi connectivity index (χ0n) is 10.4. The average Bonchev–Trinajstić information content (AvgIpc) is 2.46. The number of rotatable bonds is 4. The Hall–Kier alpha value is -2.09. The van der Waals surface area contributed by atoms with E-state index in [2.05, 4.69) is 6.92 Å². The molecule has 0 fully saturated rings. The van der Waals surface area contributed by atoms with Crippen LogP contribution in [0.15, 0.2) is 54.6 Å². The molecule has 2 aromatic rings. The highest BCUT2D eigenvalue weighted by Gasteiger charge is 2.06. The molecule has 0 aliphatic rings. The van der Waals surface area contributed by atoms with Crippen LogP contribution in [0, 0.1) is 0 Å². The monoisotopic (exact) mass is 240 g/mol. The number of esters is 1. The molecule has 2 rings (SSSR count). The van der Waals surface area contributed by atoms with Crippen LogP contribution in [0.2, 0.25) is 0 Å². The molecule has 0 atom stereocenters. The summed E-state index contributed by atoms with van der Waals surface area (Å²) in [5, 5.41) is 0. The van der Waals surface area contributed by atoms with Crippen LogP contribution < -0.4 is 0 Å². The Morgan fingerprint density at radius 2 is 1.61 bits per heavy atom. The van der Waals surface area contributed by atoms with E-state index in [0.717, 1.165) is 12.0 Å². The van der Waals surface area contributed by atoms with Crippen molar-refractivity contribution in [3.8, 4) is 0 Å². The number of hydrogen-bond acceptors (Lipinski definition) is 2. The van der Waals surface area contributed by atoms with E-state index in [4.69, 9.17) is 4.74 Å². The van der Waals surface area contributed by atoms with Gasteiger partial charge in [0.15, 0.2) is 0 Å². The first-order chi connectivity index (χ1) is 8.79. The van der Waals surface area contributed by atoms with E-state index >= 15 is 0 Å². The predicted molar refractivity (Wildman–Crippen MR) is 71.4 cm³/mol. The first-order valence-corrected chi connectivity index (χ1v) is 6.09. The number of carbonyl (C=O) groups is 1. The second-order valence-electron chi connectivity index (χ2n) is 4.11. The van der Waals surface area contributed by atoms with Gasteiger partial charge in [-0.15, -0.1) is 0 Å². The van der Waals surface area contributed by atoms with Gasteiger partial charge < -0.3 is 4.74 Å². The third-order valence-corrected chi connectivity index (χ3v) is 2.81. The molecule has 0 aliphatic heterocycles. The van der Waals surface area contributed by atoms with Gasteiger partial charge in [-0.1, -0.05) is 49.4 Å². The lowest BCUT2D eigenvalue weighted by molar-refractivity contribution is 0.0472. The van der Waals surface area contributed by atoms with E-state index in [1.54, 1.807) is 0 Å². The van der Waals surface area contributed by atoms with Crippen LogP contribution in [0.5, 0.6) is 0 Å². The summed E-state index contributed by atoms with van der Waals surface area (Å²) in [6.45, 7) is 2.40. The summed E-state index contributed by atoms with van der Waals surface area (Å²) < 4.78 is 5.25. The van der Waals surface area contributed by atoms with Crippen LogP contribution in [0.4, 0.5) is 0 Å². The molecule has 0 saturated carbocycles. The van der Waals surface area contributed by atoms with Crippen molar-refractivity contribution in [3.05, 3.63) is 71.3 Å². The molecule has 0 bridgehead atoms. The fourth-order valence-corrected chi connectivity index (χ4v) is 1.68. The maximum absolute atomic E-state index is 11.8. The first kappa shape index (κ1) is 12.4. The molecule has 0 amide bonds. The van der Waals surface area contributed by atoms with Crippen molar-refractivity contribution < 1.29 is 9.53 Å². The Morgan fingerprint density at radius 1 is 0.944 bits per heavy atom. The highest BCUT2D eigenvalue weighted by molar-refractivity contribution is 5.89. The van der Waals surface area contributed by atoms with Gasteiger partial charge in [-0.05, 0) is 29.7 Å². The van der Waals surface area contributed by atoms with Gasteiger partial charge in [-0.2, -0.15) is 0 Å². The molecule has 0 unspecified atom stereocenters. The van der Waals surface area contributed by atoms with Gasteiger partial charge in [0.1, 0.15) is 6.61 Å². The van der Waals surface area contributed by atoms with Crippen molar-refractivity contribution >= 4 is 5.97 Å². The molecule has 0 aliphatic carbocycles. The molecule has 0 spiro atoms. The zero-order valence-corrected chi connectivity index (χ0v) is 10.4. The van der Waals surface area contributed by atoms with Gasteiger partial charge in [-0.25, -0.2) is 4.79 Å². The van der Waals surface area contributed by atoms with Gasteiger partial charge in [0.25, 0.3) is 0 Å². The van der Waals surface area contributed by atoms with Gasteiger partial charge in [0.05, 0.1) is 5.56 Å². The van der Waals surface area contributed by atoms with Crippen LogP contribution in [-0.4, -0.2) is 5.97 Å². The second kappa shape index (κ2) is 6.01. The molecule has 0 radical (unpaired) electrons. The topological polar surface area (TPSA) is 26.3 Å². The zero-order chi connectivity index (χ0) is 12.8. The molecular formula is C16H16O2. The van der Waals surface area contributed by atoms with E-state index in [-0.39, 0.29) is 5.97 Å². The number of benzene rings is 2. The molecule has 0 N–H and O–H groups in total. The summed E-state index contributed by atoms with van der Waals surface area (Å²) in [5.41, 5.74) is 2.81. The fourth-order valence-electron chi connectivity index (χ4n) is 1.68. The predicted octanol–water partition coefficient (Wildman–Crippen LogP) is 3.61. The third-order valence-electron chi connectivity index (χ3n) is 2.81. The lowest BCUT2D eigenvalue weighted by atomic mass is 10.1. The maximum Gasteiger partial charge on any atom is 0.338 e. The Morgan fingerprint density at radius 3 is 2.22 bits per heavy atom. The van der Waals surface area contributed by atoms with Gasteiger partial charge >= 0.3 is 5.97 Å². The molecule has 2 aromatic carbocycles. The smallest absolute Gasteiger partial charge is 0.338 e. The van der Waals surface area contributed by atoms with E-state index in [1.807, 2.05) is 54.6 Å². The van der Waals surface area contributed by atoms with Gasteiger partial charge in [0, 0.05) is 0 Å². The fraction of sp³-hybridized carbons (Fsp3) is 0.188. The number of hydrogen-bond donors (Lipinski definition) is 0. The summed E-state index contributed by atoms with van der Waals surface area (Å²) in [6.07, 6.45) is 0.972. The Kier molecular flexibility index (Phi) is 4.13. The van der Waals surface area contributed by atoms with Gasteiger partial charge in [-0.3, -0.25) is 0 Å². The lowest BCUT2D eigenvalue weighted by Crippen LogP contribution is -2.05. The summed E-state index contributed by atoms with van der Waals surface area (Å²) in [7, 11) is 0. The van der Waals surface area contributed by atoms with E-state index in [0.29, 0.717) is 12.2 Å². The largest absolute Gasteiger partial charge is 0.457 e. The Bertz CT molecular complexity index is 500. The highest BCUT2D eigenvalue weighted by Crippen LogP contribution is 2.08. The van der Waals surface area contributed by atoms with E-state index in [9.17, 15) is 4.79 Å². The average molecular weight is 240 g/mol. The van der Waals surface area contributed by atoms with Crippen molar-refractivity contribution in [2.75, 3.05) is 0 Å². The minimum absolute atomic E-state index is 0.276. The minimum Gasteiger partial charge on any atom is -0.457 e. The summed E-state index contributed by atoms with van der Waals surface area (Å²) in [5.74, 6) is -0.276. The van der Waals surface area contributed by atoms with Crippen LogP contribution in [0.25, 0.3) is 0 Å². The van der Waals surface area contributed by atoms with Crippen molar-refractivity contribution in [3.63, 3.8) is 0 Å². The quantitative estimate of drug-likeness (QED) is 0.763. The molecule has 2 nitrogen and oxygen atoms in total. The van der Waals surface area contributed by atoms with Crippen molar-refractivity contribution in [2.45, 2.75) is 20.0 Å².